The Bertz CT molecular complexity index is 1010. The van der Waals surface area contributed by atoms with Crippen molar-refractivity contribution in [3.05, 3.63) is 71.9 Å². The van der Waals surface area contributed by atoms with Crippen LogP contribution in [0.3, 0.4) is 0 Å². The molecule has 148 valence electrons. The molecule has 0 aliphatic rings. The Hall–Kier alpha value is -3.94. The zero-order valence-electron chi connectivity index (χ0n) is 16.0. The summed E-state index contributed by atoms with van der Waals surface area (Å²) in [6.45, 7) is 2.08. The Kier molecular flexibility index (Phi) is 6.36. The Morgan fingerprint density at radius 3 is 2.45 bits per heavy atom. The van der Waals surface area contributed by atoms with E-state index in [1.807, 2.05) is 0 Å². The summed E-state index contributed by atoms with van der Waals surface area (Å²) in [4.78, 5) is 32.2. The van der Waals surface area contributed by atoms with Crippen molar-refractivity contribution in [1.82, 2.24) is 9.97 Å². The molecule has 1 heterocycles. The van der Waals surface area contributed by atoms with Gasteiger partial charge in [-0.3, -0.25) is 0 Å². The van der Waals surface area contributed by atoms with Gasteiger partial charge in [0.2, 0.25) is 5.95 Å². The van der Waals surface area contributed by atoms with Gasteiger partial charge >= 0.3 is 11.9 Å². The van der Waals surface area contributed by atoms with Crippen LogP contribution in [0.4, 0.5) is 23.1 Å². The minimum Gasteiger partial charge on any atom is -0.465 e. The SMILES string of the molecule is CCOC(=O)c1ccc(Nc2nccc(Nc3ccccc3C(=O)OC)n2)cc1. The summed E-state index contributed by atoms with van der Waals surface area (Å²) >= 11 is 0. The first-order chi connectivity index (χ1) is 14.1. The molecular weight excluding hydrogens is 372 g/mol. The minimum atomic E-state index is -0.442. The molecule has 0 radical (unpaired) electrons. The van der Waals surface area contributed by atoms with Gasteiger partial charge in [-0.2, -0.15) is 4.98 Å². The smallest absolute Gasteiger partial charge is 0.339 e. The molecule has 29 heavy (non-hydrogen) atoms. The van der Waals surface area contributed by atoms with E-state index in [1.54, 1.807) is 67.7 Å². The first kappa shape index (κ1) is 19.8. The van der Waals surface area contributed by atoms with Crippen molar-refractivity contribution in [2.24, 2.45) is 0 Å². The van der Waals surface area contributed by atoms with Gasteiger partial charge in [-0.15, -0.1) is 0 Å². The highest BCUT2D eigenvalue weighted by Crippen LogP contribution is 2.22. The van der Waals surface area contributed by atoms with E-state index >= 15 is 0 Å². The summed E-state index contributed by atoms with van der Waals surface area (Å²) in [6, 6.07) is 15.5. The van der Waals surface area contributed by atoms with E-state index in [2.05, 4.69) is 20.6 Å². The topological polar surface area (TPSA) is 102 Å². The molecule has 8 nitrogen and oxygen atoms in total. The second kappa shape index (κ2) is 9.32. The summed E-state index contributed by atoms with van der Waals surface area (Å²) in [5.41, 5.74) is 2.15. The largest absolute Gasteiger partial charge is 0.465 e. The van der Waals surface area contributed by atoms with Crippen molar-refractivity contribution in [3.63, 3.8) is 0 Å². The average molecular weight is 392 g/mol. The second-order valence-electron chi connectivity index (χ2n) is 5.85. The first-order valence-electron chi connectivity index (χ1n) is 8.92. The predicted molar refractivity (Wildman–Crippen MR) is 109 cm³/mol. The van der Waals surface area contributed by atoms with Gasteiger partial charge in [-0.05, 0) is 49.4 Å². The highest BCUT2D eigenvalue weighted by molar-refractivity contribution is 5.96. The van der Waals surface area contributed by atoms with Crippen molar-refractivity contribution in [1.29, 1.82) is 0 Å². The lowest BCUT2D eigenvalue weighted by Gasteiger charge is -2.11. The van der Waals surface area contributed by atoms with E-state index < -0.39 is 5.97 Å². The number of hydrogen-bond acceptors (Lipinski definition) is 8. The average Bonchev–Trinajstić information content (AvgIpc) is 2.74. The summed E-state index contributed by atoms with van der Waals surface area (Å²) < 4.78 is 9.77. The maximum absolute atomic E-state index is 11.9. The number of carbonyl (C=O) groups is 2. The zero-order chi connectivity index (χ0) is 20.6. The first-order valence-corrected chi connectivity index (χ1v) is 8.92. The van der Waals surface area contributed by atoms with Gasteiger partial charge in [-0.25, -0.2) is 14.6 Å². The van der Waals surface area contributed by atoms with Crippen LogP contribution >= 0.6 is 0 Å². The van der Waals surface area contributed by atoms with Crippen LogP contribution in [0.2, 0.25) is 0 Å². The van der Waals surface area contributed by atoms with Crippen molar-refractivity contribution >= 4 is 35.1 Å². The molecular formula is C21H20N4O4. The third-order valence-corrected chi connectivity index (χ3v) is 3.90. The third kappa shape index (κ3) is 5.07. The summed E-state index contributed by atoms with van der Waals surface area (Å²) in [7, 11) is 1.33. The Morgan fingerprint density at radius 2 is 1.72 bits per heavy atom. The summed E-state index contributed by atoms with van der Waals surface area (Å²) in [5, 5.41) is 6.17. The van der Waals surface area contributed by atoms with Gasteiger partial charge in [-0.1, -0.05) is 12.1 Å². The molecule has 0 fully saturated rings. The lowest BCUT2D eigenvalue weighted by Crippen LogP contribution is -2.07. The maximum Gasteiger partial charge on any atom is 0.339 e. The van der Waals surface area contributed by atoms with E-state index in [9.17, 15) is 9.59 Å². The molecule has 0 aliphatic carbocycles. The Labute approximate surface area is 167 Å². The number of aromatic nitrogens is 2. The standard InChI is InChI=1S/C21H20N4O4/c1-3-29-19(26)14-8-10-15(11-9-14)23-21-22-13-12-18(25-21)24-17-7-5-4-6-16(17)20(27)28-2/h4-13H,3H2,1-2H3,(H2,22,23,24,25). The molecule has 0 atom stereocenters. The number of rotatable bonds is 7. The fourth-order valence-electron chi connectivity index (χ4n) is 2.54. The molecule has 8 heteroatoms. The van der Waals surface area contributed by atoms with E-state index in [-0.39, 0.29) is 5.97 Å². The molecule has 3 rings (SSSR count). The third-order valence-electron chi connectivity index (χ3n) is 3.90. The van der Waals surface area contributed by atoms with Crippen molar-refractivity contribution in [2.45, 2.75) is 6.92 Å². The van der Waals surface area contributed by atoms with Crippen LogP contribution in [0.15, 0.2) is 60.8 Å². The van der Waals surface area contributed by atoms with Crippen LogP contribution in [0.1, 0.15) is 27.6 Å². The van der Waals surface area contributed by atoms with Gasteiger partial charge in [0.25, 0.3) is 0 Å². The molecule has 0 spiro atoms. The van der Waals surface area contributed by atoms with E-state index in [4.69, 9.17) is 9.47 Å². The van der Waals surface area contributed by atoms with Gasteiger partial charge in [0.05, 0.1) is 30.5 Å². The number of benzene rings is 2. The number of para-hydroxylation sites is 1. The lowest BCUT2D eigenvalue weighted by molar-refractivity contribution is 0.0525. The summed E-state index contributed by atoms with van der Waals surface area (Å²) in [5.74, 6) is 0.0457. The number of nitrogens with one attached hydrogen (secondary N) is 2. The van der Waals surface area contributed by atoms with Crippen molar-refractivity contribution in [3.8, 4) is 0 Å². The number of esters is 2. The van der Waals surface area contributed by atoms with Crippen molar-refractivity contribution in [2.75, 3.05) is 24.4 Å². The van der Waals surface area contributed by atoms with Crippen LogP contribution in [-0.4, -0.2) is 35.6 Å². The highest BCUT2D eigenvalue weighted by Gasteiger charge is 2.12. The second-order valence-corrected chi connectivity index (χ2v) is 5.85. The molecule has 1 aromatic heterocycles. The lowest BCUT2D eigenvalue weighted by atomic mass is 10.2. The Balaban J connectivity index is 1.74. The van der Waals surface area contributed by atoms with Crippen LogP contribution in [-0.2, 0) is 9.47 Å². The van der Waals surface area contributed by atoms with E-state index in [1.165, 1.54) is 7.11 Å². The highest BCUT2D eigenvalue weighted by atomic mass is 16.5. The molecule has 3 aromatic rings. The van der Waals surface area contributed by atoms with Crippen LogP contribution < -0.4 is 10.6 Å². The summed E-state index contributed by atoms with van der Waals surface area (Å²) in [6.07, 6.45) is 1.59. The number of carbonyl (C=O) groups excluding carboxylic acids is 2. The zero-order valence-corrected chi connectivity index (χ0v) is 16.0. The van der Waals surface area contributed by atoms with Gasteiger partial charge in [0.1, 0.15) is 5.82 Å². The molecule has 2 aromatic carbocycles. The predicted octanol–water partition coefficient (Wildman–Crippen LogP) is 3.93. The minimum absolute atomic E-state index is 0.325. The molecule has 0 amide bonds. The number of nitrogens with zero attached hydrogens (tertiary/aromatic N) is 2. The van der Waals surface area contributed by atoms with Crippen LogP contribution in [0, 0.1) is 0 Å². The van der Waals surface area contributed by atoms with E-state index in [0.29, 0.717) is 40.9 Å². The van der Waals surface area contributed by atoms with E-state index in [0.717, 1.165) is 0 Å². The number of hydrogen-bond donors (Lipinski definition) is 2. The van der Waals surface area contributed by atoms with Gasteiger partial charge < -0.3 is 20.1 Å². The normalized spacial score (nSPS) is 10.1. The number of ether oxygens (including phenoxy) is 2. The quantitative estimate of drug-likeness (QED) is 0.583. The van der Waals surface area contributed by atoms with Gasteiger partial charge in [0, 0.05) is 11.9 Å². The van der Waals surface area contributed by atoms with Gasteiger partial charge in [0.15, 0.2) is 0 Å². The fourth-order valence-corrected chi connectivity index (χ4v) is 2.54. The van der Waals surface area contributed by atoms with Crippen LogP contribution in [0.5, 0.6) is 0 Å². The number of anilines is 4. The monoisotopic (exact) mass is 392 g/mol. The molecule has 2 N–H and O–H groups in total. The number of methoxy groups -OCH3 is 1. The molecule has 0 bridgehead atoms. The maximum atomic E-state index is 11.9. The molecule has 0 saturated carbocycles. The molecule has 0 saturated heterocycles. The fraction of sp³-hybridized carbons (Fsp3) is 0.143. The molecule has 0 aliphatic heterocycles. The van der Waals surface area contributed by atoms with Crippen molar-refractivity contribution < 1.29 is 19.1 Å². The Morgan fingerprint density at radius 1 is 0.966 bits per heavy atom. The molecule has 0 unspecified atom stereocenters. The van der Waals surface area contributed by atoms with Crippen LogP contribution in [0.25, 0.3) is 0 Å².